The molecule has 4 rings (SSSR count). The first kappa shape index (κ1) is 22.0. The van der Waals surface area contributed by atoms with Crippen LogP contribution in [0.15, 0.2) is 30.3 Å². The normalized spacial score (nSPS) is 14.1. The molecule has 1 aliphatic carbocycles. The number of aryl methyl sites for hydroxylation is 1. The van der Waals surface area contributed by atoms with Gasteiger partial charge in [-0.2, -0.15) is 5.10 Å². The Morgan fingerprint density at radius 1 is 1.09 bits per heavy atom. The zero-order chi connectivity index (χ0) is 23.2. The Morgan fingerprint density at radius 3 is 2.34 bits per heavy atom. The third kappa shape index (κ3) is 4.38. The highest BCUT2D eigenvalue weighted by Crippen LogP contribution is 2.31. The van der Waals surface area contributed by atoms with Gasteiger partial charge in [-0.3, -0.25) is 9.59 Å². The van der Waals surface area contributed by atoms with Gasteiger partial charge in [0.2, 0.25) is 5.91 Å². The van der Waals surface area contributed by atoms with E-state index in [1.165, 1.54) is 0 Å². The van der Waals surface area contributed by atoms with E-state index in [9.17, 15) is 9.59 Å². The summed E-state index contributed by atoms with van der Waals surface area (Å²) >= 11 is 0. The molecule has 2 N–H and O–H groups in total. The SMILES string of the molecule is Cc1nn(C(C)(C)C)c2nc(C(C)C)cc(C(=O)Nc3cccc(NC(=O)C4CC4)c3)c12. The van der Waals surface area contributed by atoms with Crippen molar-refractivity contribution >= 4 is 34.2 Å². The van der Waals surface area contributed by atoms with Crippen LogP contribution in [0.2, 0.25) is 0 Å². The Labute approximate surface area is 188 Å². The molecule has 1 saturated carbocycles. The molecule has 1 aromatic carbocycles. The molecule has 2 amide bonds. The Bertz CT molecular complexity index is 1200. The summed E-state index contributed by atoms with van der Waals surface area (Å²) in [5, 5.41) is 11.4. The summed E-state index contributed by atoms with van der Waals surface area (Å²) in [5.74, 6) is 0.100. The fraction of sp³-hybridized carbons (Fsp3) is 0.440. The molecule has 168 valence electrons. The maximum absolute atomic E-state index is 13.4. The monoisotopic (exact) mass is 433 g/mol. The van der Waals surface area contributed by atoms with E-state index in [0.29, 0.717) is 16.9 Å². The zero-order valence-corrected chi connectivity index (χ0v) is 19.6. The molecule has 2 aromatic heterocycles. The van der Waals surface area contributed by atoms with Crippen LogP contribution in [-0.2, 0) is 10.3 Å². The number of nitrogens with zero attached hydrogens (tertiary/aromatic N) is 3. The highest BCUT2D eigenvalue weighted by molar-refractivity contribution is 6.13. The van der Waals surface area contributed by atoms with E-state index in [1.54, 1.807) is 6.07 Å². The molecule has 0 radical (unpaired) electrons. The fourth-order valence-corrected chi connectivity index (χ4v) is 3.71. The number of carbonyl (C=O) groups excluding carboxylic acids is 2. The first-order chi connectivity index (χ1) is 15.0. The van der Waals surface area contributed by atoms with Gasteiger partial charge in [0.25, 0.3) is 5.91 Å². The largest absolute Gasteiger partial charge is 0.326 e. The van der Waals surface area contributed by atoms with E-state index in [4.69, 9.17) is 10.1 Å². The van der Waals surface area contributed by atoms with Crippen molar-refractivity contribution in [3.8, 4) is 0 Å². The number of anilines is 2. The van der Waals surface area contributed by atoms with Crippen molar-refractivity contribution in [2.24, 2.45) is 5.92 Å². The molecule has 1 fully saturated rings. The molecule has 0 spiro atoms. The van der Waals surface area contributed by atoms with Crippen molar-refractivity contribution in [2.75, 3.05) is 10.6 Å². The quantitative estimate of drug-likeness (QED) is 0.577. The number of hydrogen-bond donors (Lipinski definition) is 2. The number of rotatable bonds is 5. The summed E-state index contributed by atoms with van der Waals surface area (Å²) in [6, 6.07) is 9.11. The zero-order valence-electron chi connectivity index (χ0n) is 19.6. The lowest BCUT2D eigenvalue weighted by molar-refractivity contribution is -0.117. The van der Waals surface area contributed by atoms with Crippen molar-refractivity contribution in [3.63, 3.8) is 0 Å². The van der Waals surface area contributed by atoms with Gasteiger partial charge < -0.3 is 10.6 Å². The van der Waals surface area contributed by atoms with Gasteiger partial charge >= 0.3 is 0 Å². The summed E-state index contributed by atoms with van der Waals surface area (Å²) in [7, 11) is 0. The van der Waals surface area contributed by atoms with Gasteiger partial charge in [0, 0.05) is 23.0 Å². The Hall–Kier alpha value is -3.22. The van der Waals surface area contributed by atoms with Crippen LogP contribution in [0.25, 0.3) is 11.0 Å². The van der Waals surface area contributed by atoms with Crippen molar-refractivity contribution in [3.05, 3.63) is 47.3 Å². The van der Waals surface area contributed by atoms with Crippen molar-refractivity contribution in [1.82, 2.24) is 14.8 Å². The first-order valence-electron chi connectivity index (χ1n) is 11.2. The van der Waals surface area contributed by atoms with E-state index in [1.807, 2.05) is 35.9 Å². The van der Waals surface area contributed by atoms with Crippen LogP contribution < -0.4 is 10.6 Å². The second-order valence-corrected chi connectivity index (χ2v) is 9.91. The van der Waals surface area contributed by atoms with Crippen LogP contribution in [0.1, 0.15) is 75.1 Å². The lowest BCUT2D eigenvalue weighted by Gasteiger charge is -2.20. The van der Waals surface area contributed by atoms with Crippen molar-refractivity contribution in [2.45, 2.75) is 65.8 Å². The smallest absolute Gasteiger partial charge is 0.256 e. The average molecular weight is 434 g/mol. The number of nitrogens with one attached hydrogen (secondary N) is 2. The second kappa shape index (κ2) is 8.04. The van der Waals surface area contributed by atoms with Crippen LogP contribution in [0.3, 0.4) is 0 Å². The van der Waals surface area contributed by atoms with E-state index in [-0.39, 0.29) is 29.2 Å². The fourth-order valence-electron chi connectivity index (χ4n) is 3.71. The minimum atomic E-state index is -0.267. The number of pyridine rings is 1. The third-order valence-electron chi connectivity index (χ3n) is 5.64. The van der Waals surface area contributed by atoms with E-state index >= 15 is 0 Å². The lowest BCUT2D eigenvalue weighted by Crippen LogP contribution is -2.24. The molecule has 7 nitrogen and oxygen atoms in total. The second-order valence-electron chi connectivity index (χ2n) is 9.91. The summed E-state index contributed by atoms with van der Waals surface area (Å²) in [4.78, 5) is 30.3. The summed E-state index contributed by atoms with van der Waals surface area (Å²) < 4.78 is 1.90. The molecule has 0 saturated heterocycles. The van der Waals surface area contributed by atoms with E-state index in [2.05, 4.69) is 45.3 Å². The number of hydrogen-bond acceptors (Lipinski definition) is 4. The van der Waals surface area contributed by atoms with Gasteiger partial charge in [0.05, 0.1) is 22.2 Å². The summed E-state index contributed by atoms with van der Waals surface area (Å²) in [6.07, 6.45) is 1.89. The van der Waals surface area contributed by atoms with Crippen LogP contribution in [0.5, 0.6) is 0 Å². The number of amides is 2. The number of carbonyl (C=O) groups is 2. The highest BCUT2D eigenvalue weighted by Gasteiger charge is 2.29. The maximum Gasteiger partial charge on any atom is 0.256 e. The standard InChI is InChI=1S/C25H31N5O2/c1-14(2)20-13-19(21-15(3)29-30(22(21)28-20)25(4,5)6)24(32)27-18-9-7-8-17(12-18)26-23(31)16-10-11-16/h7-9,12-14,16H,10-11H2,1-6H3,(H,26,31)(H,27,32). The third-order valence-corrected chi connectivity index (χ3v) is 5.64. The molecule has 0 atom stereocenters. The molecule has 2 heterocycles. The van der Waals surface area contributed by atoms with Crippen molar-refractivity contribution < 1.29 is 9.59 Å². The Morgan fingerprint density at radius 2 is 1.75 bits per heavy atom. The molecule has 1 aliphatic rings. The molecule has 7 heteroatoms. The minimum absolute atomic E-state index is 0.0381. The molecule has 32 heavy (non-hydrogen) atoms. The summed E-state index contributed by atoms with van der Waals surface area (Å²) in [6.45, 7) is 12.3. The molecular formula is C25H31N5O2. The van der Waals surface area contributed by atoms with Gasteiger partial charge in [-0.1, -0.05) is 19.9 Å². The van der Waals surface area contributed by atoms with Crippen LogP contribution in [0, 0.1) is 12.8 Å². The van der Waals surface area contributed by atoms with E-state index < -0.39 is 0 Å². The van der Waals surface area contributed by atoms with Crippen LogP contribution in [0.4, 0.5) is 11.4 Å². The summed E-state index contributed by atoms with van der Waals surface area (Å²) in [5.41, 5.74) is 3.93. The topological polar surface area (TPSA) is 88.9 Å². The molecule has 3 aromatic rings. The predicted octanol–water partition coefficient (Wildman–Crippen LogP) is 5.22. The molecule has 0 unspecified atom stereocenters. The molecule has 0 bridgehead atoms. The number of benzene rings is 1. The molecule has 0 aliphatic heterocycles. The van der Waals surface area contributed by atoms with E-state index in [0.717, 1.165) is 35.3 Å². The molecular weight excluding hydrogens is 402 g/mol. The van der Waals surface area contributed by atoms with Gasteiger partial charge in [-0.05, 0) is 70.7 Å². The first-order valence-corrected chi connectivity index (χ1v) is 11.2. The average Bonchev–Trinajstić information content (AvgIpc) is 3.50. The Balaban J connectivity index is 1.70. The number of aromatic nitrogens is 3. The lowest BCUT2D eigenvalue weighted by atomic mass is 10.0. The minimum Gasteiger partial charge on any atom is -0.326 e. The van der Waals surface area contributed by atoms with Crippen LogP contribution >= 0.6 is 0 Å². The van der Waals surface area contributed by atoms with Gasteiger partial charge in [-0.15, -0.1) is 0 Å². The predicted molar refractivity (Wildman–Crippen MR) is 127 cm³/mol. The Kier molecular flexibility index (Phi) is 5.53. The maximum atomic E-state index is 13.4. The van der Waals surface area contributed by atoms with Crippen LogP contribution in [-0.4, -0.2) is 26.6 Å². The van der Waals surface area contributed by atoms with Gasteiger partial charge in [-0.25, -0.2) is 9.67 Å². The van der Waals surface area contributed by atoms with Crippen molar-refractivity contribution in [1.29, 1.82) is 0 Å². The van der Waals surface area contributed by atoms with Gasteiger partial charge in [0.1, 0.15) is 0 Å². The van der Waals surface area contributed by atoms with Gasteiger partial charge in [0.15, 0.2) is 5.65 Å². The number of fused-ring (bicyclic) bond motifs is 1. The highest BCUT2D eigenvalue weighted by atomic mass is 16.2.